The minimum atomic E-state index is 0.452. The van der Waals surface area contributed by atoms with Crippen molar-refractivity contribution in [3.05, 3.63) is 29.8 Å². The van der Waals surface area contributed by atoms with Gasteiger partial charge in [-0.2, -0.15) is 0 Å². The zero-order valence-electron chi connectivity index (χ0n) is 11.6. The maximum absolute atomic E-state index is 10.7. The van der Waals surface area contributed by atoms with Crippen molar-refractivity contribution in [1.82, 2.24) is 4.90 Å². The predicted octanol–water partition coefficient (Wildman–Crippen LogP) is 0.328. The summed E-state index contributed by atoms with van der Waals surface area (Å²) in [4.78, 5) is 22.5. The third-order valence-electron chi connectivity index (χ3n) is 3.30. The van der Waals surface area contributed by atoms with Gasteiger partial charge in [0.05, 0.1) is 0 Å². The van der Waals surface area contributed by atoms with E-state index in [-0.39, 0.29) is 0 Å². The molecule has 0 aromatic heterocycles. The van der Waals surface area contributed by atoms with Crippen LogP contribution in [0.2, 0.25) is 0 Å². The van der Waals surface area contributed by atoms with Crippen LogP contribution in [0, 0.1) is 0 Å². The Morgan fingerprint density at radius 1 is 1.20 bits per heavy atom. The summed E-state index contributed by atoms with van der Waals surface area (Å²) in [7, 11) is 1.65. The fraction of sp³-hybridized carbons (Fsp3) is 0.357. The number of piperazine rings is 1. The van der Waals surface area contributed by atoms with Crippen molar-refractivity contribution in [3.63, 3.8) is 0 Å². The summed E-state index contributed by atoms with van der Waals surface area (Å²) in [5.74, 6) is 0.452. The number of hydrogen-bond donors (Lipinski definition) is 1. The summed E-state index contributed by atoms with van der Waals surface area (Å²) in [5.41, 5.74) is 7.86. The molecule has 1 aliphatic rings. The van der Waals surface area contributed by atoms with E-state index in [0.717, 1.165) is 43.8 Å². The third-order valence-corrected chi connectivity index (χ3v) is 3.30. The molecule has 0 unspecified atom stereocenters. The molecular weight excluding hydrogens is 254 g/mol. The fourth-order valence-electron chi connectivity index (χ4n) is 2.12. The van der Waals surface area contributed by atoms with Gasteiger partial charge in [0.2, 0.25) is 6.41 Å². The number of nitrogens with two attached hydrogens (primary N) is 1. The van der Waals surface area contributed by atoms with Crippen molar-refractivity contribution in [2.24, 2.45) is 15.7 Å². The Kier molecular flexibility index (Phi) is 4.70. The molecule has 2 rings (SSSR count). The standard InChI is InChI=1S/C14H19N5O/c1-16-10-17-14(15)12-2-4-13(5-3-12)19-8-6-18(11-20)7-9-19/h2-5,10-11H,6-9H2,1H3,(H2,15,16,17). The first-order valence-corrected chi connectivity index (χ1v) is 6.53. The number of amides is 1. The molecule has 20 heavy (non-hydrogen) atoms. The molecule has 1 aromatic carbocycles. The van der Waals surface area contributed by atoms with E-state index in [2.05, 4.69) is 14.9 Å². The van der Waals surface area contributed by atoms with Gasteiger partial charge in [-0.1, -0.05) is 0 Å². The van der Waals surface area contributed by atoms with Crippen LogP contribution in [0.1, 0.15) is 5.56 Å². The molecule has 0 aliphatic carbocycles. The molecule has 2 N–H and O–H groups in total. The van der Waals surface area contributed by atoms with Crippen LogP contribution in [0.3, 0.4) is 0 Å². The number of carbonyl (C=O) groups is 1. The molecule has 6 heteroatoms. The molecule has 1 aromatic rings. The summed E-state index contributed by atoms with van der Waals surface area (Å²) >= 11 is 0. The number of benzene rings is 1. The van der Waals surface area contributed by atoms with Gasteiger partial charge in [0.1, 0.15) is 12.2 Å². The minimum Gasteiger partial charge on any atom is -0.383 e. The molecule has 1 fully saturated rings. The molecule has 106 valence electrons. The third kappa shape index (κ3) is 3.34. The van der Waals surface area contributed by atoms with Gasteiger partial charge in [0.15, 0.2) is 0 Å². The lowest BCUT2D eigenvalue weighted by molar-refractivity contribution is -0.118. The first-order valence-electron chi connectivity index (χ1n) is 6.53. The van der Waals surface area contributed by atoms with Crippen LogP contribution in [0.25, 0.3) is 0 Å². The molecule has 0 saturated carbocycles. The Morgan fingerprint density at radius 3 is 2.40 bits per heavy atom. The number of anilines is 1. The van der Waals surface area contributed by atoms with Gasteiger partial charge in [0.25, 0.3) is 0 Å². The topological polar surface area (TPSA) is 74.3 Å². The van der Waals surface area contributed by atoms with Crippen LogP contribution in [0.4, 0.5) is 5.69 Å². The lowest BCUT2D eigenvalue weighted by Gasteiger charge is -2.34. The Hall–Kier alpha value is -2.37. The van der Waals surface area contributed by atoms with E-state index < -0.39 is 0 Å². The van der Waals surface area contributed by atoms with Crippen LogP contribution in [-0.2, 0) is 4.79 Å². The molecule has 0 atom stereocenters. The largest absolute Gasteiger partial charge is 0.383 e. The zero-order valence-corrected chi connectivity index (χ0v) is 11.6. The first-order chi connectivity index (χ1) is 9.74. The van der Waals surface area contributed by atoms with Crippen molar-refractivity contribution in [2.45, 2.75) is 0 Å². The molecule has 0 radical (unpaired) electrons. The highest BCUT2D eigenvalue weighted by Gasteiger charge is 2.15. The molecule has 1 aliphatic heterocycles. The zero-order chi connectivity index (χ0) is 14.4. The summed E-state index contributed by atoms with van der Waals surface area (Å²) in [6.45, 7) is 3.23. The predicted molar refractivity (Wildman–Crippen MR) is 81.4 cm³/mol. The number of nitrogens with zero attached hydrogens (tertiary/aromatic N) is 4. The fourth-order valence-corrected chi connectivity index (χ4v) is 2.12. The van der Waals surface area contributed by atoms with Crippen molar-refractivity contribution >= 4 is 24.3 Å². The van der Waals surface area contributed by atoms with Gasteiger partial charge in [-0.05, 0) is 24.3 Å². The van der Waals surface area contributed by atoms with E-state index in [4.69, 9.17) is 5.73 Å². The number of hydrogen-bond acceptors (Lipinski definition) is 3. The van der Waals surface area contributed by atoms with Crippen LogP contribution in [-0.4, -0.2) is 56.7 Å². The quantitative estimate of drug-likeness (QED) is 0.488. The van der Waals surface area contributed by atoms with Gasteiger partial charge in [-0.3, -0.25) is 9.79 Å². The second-order valence-electron chi connectivity index (χ2n) is 4.56. The van der Waals surface area contributed by atoms with Crippen molar-refractivity contribution in [2.75, 3.05) is 38.1 Å². The maximum Gasteiger partial charge on any atom is 0.209 e. The smallest absolute Gasteiger partial charge is 0.209 e. The minimum absolute atomic E-state index is 0.452. The van der Waals surface area contributed by atoms with E-state index in [1.807, 2.05) is 24.3 Å². The highest BCUT2D eigenvalue weighted by Crippen LogP contribution is 2.17. The van der Waals surface area contributed by atoms with Crippen molar-refractivity contribution in [1.29, 1.82) is 0 Å². The molecule has 0 bridgehead atoms. The Balaban J connectivity index is 2.03. The summed E-state index contributed by atoms with van der Waals surface area (Å²) < 4.78 is 0. The van der Waals surface area contributed by atoms with Crippen molar-refractivity contribution in [3.8, 4) is 0 Å². The average molecular weight is 273 g/mol. The van der Waals surface area contributed by atoms with Gasteiger partial charge in [0, 0.05) is 44.5 Å². The SMILES string of the molecule is CN=CN=C(N)c1ccc(N2CCN(C=O)CC2)cc1. The number of amidine groups is 1. The van der Waals surface area contributed by atoms with Crippen LogP contribution in [0.15, 0.2) is 34.3 Å². The molecule has 6 nitrogen and oxygen atoms in total. The van der Waals surface area contributed by atoms with Crippen LogP contribution >= 0.6 is 0 Å². The van der Waals surface area contributed by atoms with E-state index in [0.29, 0.717) is 5.84 Å². The van der Waals surface area contributed by atoms with Gasteiger partial charge >= 0.3 is 0 Å². The average Bonchev–Trinajstić information content (AvgIpc) is 2.53. The Labute approximate surface area is 118 Å². The number of aliphatic imine (C=N–C) groups is 2. The maximum atomic E-state index is 10.7. The Morgan fingerprint density at radius 2 is 1.85 bits per heavy atom. The lowest BCUT2D eigenvalue weighted by atomic mass is 10.1. The van der Waals surface area contributed by atoms with E-state index in [1.165, 1.54) is 6.34 Å². The normalized spacial score (nSPS) is 16.8. The van der Waals surface area contributed by atoms with Crippen LogP contribution < -0.4 is 10.6 Å². The molecule has 1 saturated heterocycles. The van der Waals surface area contributed by atoms with Gasteiger partial charge < -0.3 is 15.5 Å². The van der Waals surface area contributed by atoms with Crippen LogP contribution in [0.5, 0.6) is 0 Å². The van der Waals surface area contributed by atoms with E-state index in [9.17, 15) is 4.79 Å². The highest BCUT2D eigenvalue weighted by atomic mass is 16.1. The molecular formula is C14H19N5O. The summed E-state index contributed by atoms with van der Waals surface area (Å²) in [6, 6.07) is 7.95. The lowest BCUT2D eigenvalue weighted by Crippen LogP contribution is -2.45. The second kappa shape index (κ2) is 6.70. The highest BCUT2D eigenvalue weighted by molar-refractivity contribution is 6.01. The summed E-state index contributed by atoms with van der Waals surface area (Å²) in [5, 5.41) is 0. The Bertz CT molecular complexity index is 501. The monoisotopic (exact) mass is 273 g/mol. The van der Waals surface area contributed by atoms with Gasteiger partial charge in [-0.15, -0.1) is 0 Å². The van der Waals surface area contributed by atoms with Gasteiger partial charge in [-0.25, -0.2) is 4.99 Å². The molecule has 1 amide bonds. The summed E-state index contributed by atoms with van der Waals surface area (Å²) in [6.07, 6.45) is 2.34. The number of carbonyl (C=O) groups excluding carboxylic acids is 1. The number of rotatable bonds is 4. The molecule has 1 heterocycles. The van der Waals surface area contributed by atoms with E-state index >= 15 is 0 Å². The first kappa shape index (κ1) is 14.0. The second-order valence-corrected chi connectivity index (χ2v) is 4.56. The van der Waals surface area contributed by atoms with Crippen molar-refractivity contribution < 1.29 is 4.79 Å². The van der Waals surface area contributed by atoms with E-state index in [1.54, 1.807) is 11.9 Å². The molecule has 0 spiro atoms.